The highest BCUT2D eigenvalue weighted by molar-refractivity contribution is 5.96. The van der Waals surface area contributed by atoms with E-state index in [0.29, 0.717) is 18.0 Å². The summed E-state index contributed by atoms with van der Waals surface area (Å²) < 4.78 is 10.2. The molecule has 1 N–H and O–H groups in total. The number of hydrogen-bond donors (Lipinski definition) is 1. The second-order valence-corrected chi connectivity index (χ2v) is 6.23. The molecule has 1 amide bonds. The first-order valence-electron chi connectivity index (χ1n) is 6.82. The maximum absolute atomic E-state index is 12.7. The first-order chi connectivity index (χ1) is 9.71. The molecular formula is C15H22N2O4. The molecule has 1 saturated heterocycles. The maximum atomic E-state index is 12.7. The van der Waals surface area contributed by atoms with Gasteiger partial charge in [0.1, 0.15) is 5.56 Å². The van der Waals surface area contributed by atoms with Gasteiger partial charge in [-0.25, -0.2) is 0 Å². The van der Waals surface area contributed by atoms with E-state index < -0.39 is 5.60 Å². The molecular weight excluding hydrogens is 272 g/mol. The summed E-state index contributed by atoms with van der Waals surface area (Å²) in [6, 6.07) is 3.25. The number of aromatic nitrogens is 1. The van der Waals surface area contributed by atoms with Crippen LogP contribution in [0, 0.1) is 5.41 Å². The fourth-order valence-electron chi connectivity index (χ4n) is 2.46. The van der Waals surface area contributed by atoms with Gasteiger partial charge in [0.2, 0.25) is 11.8 Å². The lowest BCUT2D eigenvalue weighted by atomic mass is 9.79. The molecule has 0 aromatic carbocycles. The van der Waals surface area contributed by atoms with Gasteiger partial charge in [0.25, 0.3) is 5.91 Å². The van der Waals surface area contributed by atoms with E-state index in [1.807, 2.05) is 13.8 Å². The first kappa shape index (κ1) is 15.6. The van der Waals surface area contributed by atoms with Gasteiger partial charge in [-0.3, -0.25) is 4.79 Å². The molecule has 116 valence electrons. The smallest absolute Gasteiger partial charge is 0.259 e. The molecule has 1 aromatic heterocycles. The number of carbonyl (C=O) groups excluding carboxylic acids is 1. The maximum Gasteiger partial charge on any atom is 0.259 e. The lowest BCUT2D eigenvalue weighted by Crippen LogP contribution is -2.40. The summed E-state index contributed by atoms with van der Waals surface area (Å²) in [7, 11) is 2.96. The molecule has 1 aromatic rings. The zero-order valence-corrected chi connectivity index (χ0v) is 13.1. The Bertz CT molecular complexity index is 539. The molecule has 6 heteroatoms. The van der Waals surface area contributed by atoms with Crippen molar-refractivity contribution in [3.05, 3.63) is 17.7 Å². The van der Waals surface area contributed by atoms with Gasteiger partial charge >= 0.3 is 0 Å². The number of likely N-dealkylation sites (tertiary alicyclic amines) is 1. The van der Waals surface area contributed by atoms with Crippen LogP contribution in [0.1, 0.15) is 31.1 Å². The number of pyridine rings is 1. The number of amides is 1. The minimum atomic E-state index is -0.921. The van der Waals surface area contributed by atoms with E-state index in [9.17, 15) is 9.90 Å². The Kier molecular flexibility index (Phi) is 3.84. The van der Waals surface area contributed by atoms with Gasteiger partial charge in [-0.1, -0.05) is 13.8 Å². The Balaban J connectivity index is 2.30. The van der Waals surface area contributed by atoms with Crippen LogP contribution < -0.4 is 9.47 Å². The molecule has 2 heterocycles. The van der Waals surface area contributed by atoms with Crippen molar-refractivity contribution in [2.45, 2.75) is 26.4 Å². The van der Waals surface area contributed by atoms with Crippen LogP contribution in [-0.4, -0.2) is 53.8 Å². The predicted octanol–water partition coefficient (Wildman–Crippen LogP) is 1.33. The van der Waals surface area contributed by atoms with Gasteiger partial charge in [0, 0.05) is 18.0 Å². The zero-order chi connectivity index (χ0) is 15.8. The van der Waals surface area contributed by atoms with Gasteiger partial charge < -0.3 is 19.5 Å². The number of rotatable bonds is 3. The highest BCUT2D eigenvalue weighted by atomic mass is 16.5. The monoisotopic (exact) mass is 294 g/mol. The van der Waals surface area contributed by atoms with Gasteiger partial charge in [-0.15, -0.1) is 0 Å². The Morgan fingerprint density at radius 3 is 2.38 bits per heavy atom. The van der Waals surface area contributed by atoms with Gasteiger partial charge in [-0.05, 0) is 13.0 Å². The number of aliphatic hydroxyl groups is 1. The van der Waals surface area contributed by atoms with Gasteiger partial charge in [0.15, 0.2) is 0 Å². The molecule has 0 unspecified atom stereocenters. The van der Waals surface area contributed by atoms with E-state index in [4.69, 9.17) is 9.47 Å². The number of hydrogen-bond acceptors (Lipinski definition) is 5. The highest BCUT2D eigenvalue weighted by Gasteiger charge is 2.49. The Morgan fingerprint density at radius 2 is 1.90 bits per heavy atom. The van der Waals surface area contributed by atoms with Crippen molar-refractivity contribution in [1.29, 1.82) is 0 Å². The summed E-state index contributed by atoms with van der Waals surface area (Å²) in [4.78, 5) is 18.4. The molecule has 1 aliphatic rings. The summed E-state index contributed by atoms with van der Waals surface area (Å²) in [5.74, 6) is 0.411. The van der Waals surface area contributed by atoms with Crippen LogP contribution in [0.4, 0.5) is 0 Å². The largest absolute Gasteiger partial charge is 0.481 e. The van der Waals surface area contributed by atoms with Crippen LogP contribution in [0.25, 0.3) is 0 Å². The summed E-state index contributed by atoms with van der Waals surface area (Å²) in [6.45, 7) is 6.42. The van der Waals surface area contributed by atoms with Gasteiger partial charge in [0.05, 0.1) is 26.4 Å². The number of nitrogens with zero attached hydrogens (tertiary/aromatic N) is 2. The average Bonchev–Trinajstić information content (AvgIpc) is 2.66. The molecule has 1 atom stereocenters. The van der Waals surface area contributed by atoms with Crippen LogP contribution in [0.3, 0.4) is 0 Å². The zero-order valence-electron chi connectivity index (χ0n) is 13.1. The summed E-state index contributed by atoms with van der Waals surface area (Å²) in [6.07, 6.45) is 0. The quantitative estimate of drug-likeness (QED) is 0.910. The van der Waals surface area contributed by atoms with E-state index in [0.717, 1.165) is 0 Å². The number of ether oxygens (including phenoxy) is 2. The molecule has 0 aliphatic carbocycles. The van der Waals surface area contributed by atoms with E-state index in [2.05, 4.69) is 4.98 Å². The van der Waals surface area contributed by atoms with Crippen LogP contribution in [0.15, 0.2) is 12.1 Å². The molecule has 1 fully saturated rings. The second-order valence-electron chi connectivity index (χ2n) is 6.23. The van der Waals surface area contributed by atoms with Crippen molar-refractivity contribution in [3.8, 4) is 11.8 Å². The third-order valence-electron chi connectivity index (χ3n) is 4.30. The fraction of sp³-hybridized carbons (Fsp3) is 0.600. The van der Waals surface area contributed by atoms with E-state index >= 15 is 0 Å². The third kappa shape index (κ3) is 2.68. The molecule has 0 bridgehead atoms. The van der Waals surface area contributed by atoms with Crippen molar-refractivity contribution in [2.75, 3.05) is 27.3 Å². The average molecular weight is 294 g/mol. The van der Waals surface area contributed by atoms with Crippen molar-refractivity contribution < 1.29 is 19.4 Å². The first-order valence-corrected chi connectivity index (χ1v) is 6.82. The Labute approximate surface area is 124 Å². The minimum absolute atomic E-state index is 0.201. The summed E-state index contributed by atoms with van der Waals surface area (Å²) >= 11 is 0. The standard InChI is InChI=1S/C15H22N2O4/c1-14(2)8-17(9-15(14,3)19)13(18)10-6-7-11(20-4)16-12(10)21-5/h6-7,19H,8-9H2,1-5H3/t15-/m0/s1. The Morgan fingerprint density at radius 1 is 1.24 bits per heavy atom. The van der Waals surface area contributed by atoms with Crippen molar-refractivity contribution in [2.24, 2.45) is 5.41 Å². The second kappa shape index (κ2) is 5.18. The molecule has 21 heavy (non-hydrogen) atoms. The number of methoxy groups -OCH3 is 2. The lowest BCUT2D eigenvalue weighted by molar-refractivity contribution is -0.0108. The normalized spacial score (nSPS) is 24.0. The van der Waals surface area contributed by atoms with Crippen molar-refractivity contribution in [1.82, 2.24) is 9.88 Å². The van der Waals surface area contributed by atoms with Gasteiger partial charge in [-0.2, -0.15) is 4.98 Å². The molecule has 6 nitrogen and oxygen atoms in total. The molecule has 0 saturated carbocycles. The SMILES string of the molecule is COc1ccc(C(=O)N2CC(C)(C)[C@@](C)(O)C2)c(OC)n1. The molecule has 2 rings (SSSR count). The summed E-state index contributed by atoms with van der Waals surface area (Å²) in [5.41, 5.74) is -0.919. The highest BCUT2D eigenvalue weighted by Crippen LogP contribution is 2.39. The topological polar surface area (TPSA) is 71.9 Å². The van der Waals surface area contributed by atoms with Crippen LogP contribution >= 0.6 is 0 Å². The van der Waals surface area contributed by atoms with E-state index in [1.165, 1.54) is 14.2 Å². The number of β-amino-alcohol motifs (C(OH)–C–C–N with tert-alkyl or cyclic N) is 1. The van der Waals surface area contributed by atoms with Crippen LogP contribution in [0.2, 0.25) is 0 Å². The molecule has 1 aliphatic heterocycles. The van der Waals surface area contributed by atoms with E-state index in [-0.39, 0.29) is 23.7 Å². The van der Waals surface area contributed by atoms with Crippen LogP contribution in [-0.2, 0) is 0 Å². The predicted molar refractivity (Wildman–Crippen MR) is 77.6 cm³/mol. The van der Waals surface area contributed by atoms with Crippen LogP contribution in [0.5, 0.6) is 11.8 Å². The lowest BCUT2D eigenvalue weighted by Gasteiger charge is -2.30. The molecule has 0 spiro atoms. The third-order valence-corrected chi connectivity index (χ3v) is 4.30. The fourth-order valence-corrected chi connectivity index (χ4v) is 2.46. The Hall–Kier alpha value is -1.82. The summed E-state index contributed by atoms with van der Waals surface area (Å²) in [5, 5.41) is 10.4. The van der Waals surface area contributed by atoms with E-state index in [1.54, 1.807) is 24.0 Å². The number of carbonyl (C=O) groups is 1. The van der Waals surface area contributed by atoms with Crippen molar-refractivity contribution >= 4 is 5.91 Å². The minimum Gasteiger partial charge on any atom is -0.481 e. The molecule has 0 radical (unpaired) electrons. The van der Waals surface area contributed by atoms with Crippen molar-refractivity contribution in [3.63, 3.8) is 0 Å².